The minimum Gasteiger partial charge on any atom is -0.372 e. The van der Waals surface area contributed by atoms with Crippen molar-refractivity contribution in [1.82, 2.24) is 4.72 Å². The van der Waals surface area contributed by atoms with Gasteiger partial charge >= 0.3 is 0 Å². The van der Waals surface area contributed by atoms with Crippen LogP contribution in [0.2, 0.25) is 0 Å². The van der Waals surface area contributed by atoms with Gasteiger partial charge in [-0.1, -0.05) is 29.8 Å². The zero-order valence-corrected chi connectivity index (χ0v) is 15.7. The standard InChI is InChI=1S/C20H26N2O2S/c1-16-6-12-20(13-7-16)25(23,24)21-17(2)18-8-10-19(11-9-18)22-14-4-3-5-15-22/h6-13,17,21H,3-5,14-15H2,1-2H3. The van der Waals surface area contributed by atoms with Crippen LogP contribution in [0, 0.1) is 6.92 Å². The van der Waals surface area contributed by atoms with E-state index in [0.717, 1.165) is 24.2 Å². The Hall–Kier alpha value is -1.85. The van der Waals surface area contributed by atoms with E-state index in [9.17, 15) is 8.42 Å². The molecule has 2 aromatic rings. The molecular weight excluding hydrogens is 332 g/mol. The molecule has 0 spiro atoms. The largest absolute Gasteiger partial charge is 0.372 e. The highest BCUT2D eigenvalue weighted by molar-refractivity contribution is 7.89. The first-order chi connectivity index (χ1) is 12.0. The maximum Gasteiger partial charge on any atom is 0.241 e. The number of rotatable bonds is 5. The van der Waals surface area contributed by atoms with Crippen molar-refractivity contribution in [1.29, 1.82) is 0 Å². The highest BCUT2D eigenvalue weighted by Crippen LogP contribution is 2.23. The third kappa shape index (κ3) is 4.41. The monoisotopic (exact) mass is 358 g/mol. The van der Waals surface area contributed by atoms with E-state index in [2.05, 4.69) is 21.8 Å². The molecule has 1 saturated heterocycles. The summed E-state index contributed by atoms with van der Waals surface area (Å²) in [6.45, 7) is 6.03. The number of nitrogens with one attached hydrogen (secondary N) is 1. The second-order valence-corrected chi connectivity index (χ2v) is 8.51. The quantitative estimate of drug-likeness (QED) is 0.878. The predicted molar refractivity (Wildman–Crippen MR) is 102 cm³/mol. The number of nitrogens with zero attached hydrogens (tertiary/aromatic N) is 1. The van der Waals surface area contributed by atoms with Crippen LogP contribution in [0.5, 0.6) is 0 Å². The molecule has 0 aromatic heterocycles. The van der Waals surface area contributed by atoms with Gasteiger partial charge in [0.1, 0.15) is 0 Å². The van der Waals surface area contributed by atoms with Gasteiger partial charge in [0, 0.05) is 24.8 Å². The van der Waals surface area contributed by atoms with Gasteiger partial charge in [-0.2, -0.15) is 0 Å². The van der Waals surface area contributed by atoms with Crippen molar-refractivity contribution in [3.05, 3.63) is 59.7 Å². The van der Waals surface area contributed by atoms with E-state index in [1.165, 1.54) is 24.9 Å². The summed E-state index contributed by atoms with van der Waals surface area (Å²) in [5.74, 6) is 0. The van der Waals surface area contributed by atoms with Crippen molar-refractivity contribution < 1.29 is 8.42 Å². The minimum absolute atomic E-state index is 0.276. The zero-order valence-electron chi connectivity index (χ0n) is 14.9. The molecule has 0 saturated carbocycles. The first-order valence-electron chi connectivity index (χ1n) is 8.90. The number of piperidine rings is 1. The molecule has 134 valence electrons. The zero-order chi connectivity index (χ0) is 17.9. The second kappa shape index (κ2) is 7.58. The van der Waals surface area contributed by atoms with Crippen LogP contribution in [0.25, 0.3) is 0 Å². The Labute approximate surface area is 150 Å². The van der Waals surface area contributed by atoms with Crippen LogP contribution in [0.4, 0.5) is 5.69 Å². The lowest BCUT2D eigenvalue weighted by Crippen LogP contribution is -2.29. The molecule has 1 N–H and O–H groups in total. The number of anilines is 1. The number of hydrogen-bond donors (Lipinski definition) is 1. The number of hydrogen-bond acceptors (Lipinski definition) is 3. The highest BCUT2D eigenvalue weighted by Gasteiger charge is 2.18. The lowest BCUT2D eigenvalue weighted by atomic mass is 10.1. The molecule has 0 bridgehead atoms. The maximum absolute atomic E-state index is 12.5. The van der Waals surface area contributed by atoms with Gasteiger partial charge in [0.2, 0.25) is 10.0 Å². The van der Waals surface area contributed by atoms with E-state index in [1.807, 2.05) is 38.1 Å². The van der Waals surface area contributed by atoms with Crippen molar-refractivity contribution in [2.45, 2.75) is 44.0 Å². The van der Waals surface area contributed by atoms with Gasteiger partial charge in [-0.05, 0) is 62.9 Å². The number of benzene rings is 2. The lowest BCUT2D eigenvalue weighted by molar-refractivity contribution is 0.566. The number of aryl methyl sites for hydroxylation is 1. The van der Waals surface area contributed by atoms with Gasteiger partial charge in [0.15, 0.2) is 0 Å². The fraction of sp³-hybridized carbons (Fsp3) is 0.400. The molecule has 4 nitrogen and oxygen atoms in total. The van der Waals surface area contributed by atoms with E-state index in [-0.39, 0.29) is 6.04 Å². The van der Waals surface area contributed by atoms with Gasteiger partial charge in [-0.3, -0.25) is 0 Å². The summed E-state index contributed by atoms with van der Waals surface area (Å²) >= 11 is 0. The highest BCUT2D eigenvalue weighted by atomic mass is 32.2. The summed E-state index contributed by atoms with van der Waals surface area (Å²) in [4.78, 5) is 2.70. The van der Waals surface area contributed by atoms with Gasteiger partial charge < -0.3 is 4.90 Å². The van der Waals surface area contributed by atoms with E-state index in [4.69, 9.17) is 0 Å². The normalized spacial score (nSPS) is 16.6. The fourth-order valence-corrected chi connectivity index (χ4v) is 4.44. The van der Waals surface area contributed by atoms with E-state index in [1.54, 1.807) is 12.1 Å². The van der Waals surface area contributed by atoms with E-state index in [0.29, 0.717) is 4.90 Å². The molecule has 1 unspecified atom stereocenters. The van der Waals surface area contributed by atoms with Crippen LogP contribution in [0.1, 0.15) is 43.4 Å². The average molecular weight is 359 g/mol. The lowest BCUT2D eigenvalue weighted by Gasteiger charge is -2.29. The summed E-state index contributed by atoms with van der Waals surface area (Å²) < 4.78 is 27.8. The van der Waals surface area contributed by atoms with E-state index >= 15 is 0 Å². The molecule has 1 aliphatic rings. The molecule has 3 rings (SSSR count). The van der Waals surface area contributed by atoms with Gasteiger partial charge in [0.05, 0.1) is 4.90 Å². The number of sulfonamides is 1. The van der Waals surface area contributed by atoms with Gasteiger partial charge in [-0.15, -0.1) is 0 Å². The Morgan fingerprint density at radius 3 is 2.12 bits per heavy atom. The van der Waals surface area contributed by atoms with Crippen LogP contribution >= 0.6 is 0 Å². The van der Waals surface area contributed by atoms with Gasteiger partial charge in [0.25, 0.3) is 0 Å². The van der Waals surface area contributed by atoms with Crippen LogP contribution < -0.4 is 9.62 Å². The molecule has 0 radical (unpaired) electrons. The molecule has 1 fully saturated rings. The fourth-order valence-electron chi connectivity index (χ4n) is 3.21. The SMILES string of the molecule is Cc1ccc(S(=O)(=O)NC(C)c2ccc(N3CCCCC3)cc2)cc1. The van der Waals surface area contributed by atoms with Crippen molar-refractivity contribution in [2.24, 2.45) is 0 Å². The Bertz CT molecular complexity index is 793. The van der Waals surface area contributed by atoms with E-state index < -0.39 is 10.0 Å². The summed E-state index contributed by atoms with van der Waals surface area (Å²) in [5.41, 5.74) is 3.23. The smallest absolute Gasteiger partial charge is 0.241 e. The summed E-state index contributed by atoms with van der Waals surface area (Å²) in [7, 11) is -3.52. The third-order valence-corrected chi connectivity index (χ3v) is 6.33. The molecule has 2 aromatic carbocycles. The van der Waals surface area contributed by atoms with Crippen LogP contribution in [-0.2, 0) is 10.0 Å². The average Bonchev–Trinajstić information content (AvgIpc) is 2.62. The Morgan fingerprint density at radius 2 is 1.52 bits per heavy atom. The molecule has 1 aliphatic heterocycles. The molecule has 0 aliphatic carbocycles. The summed E-state index contributed by atoms with van der Waals surface area (Å²) in [5, 5.41) is 0. The van der Waals surface area contributed by atoms with Gasteiger partial charge in [-0.25, -0.2) is 13.1 Å². The predicted octanol–water partition coefficient (Wildman–Crippen LogP) is 4.02. The summed E-state index contributed by atoms with van der Waals surface area (Å²) in [6, 6.07) is 14.9. The van der Waals surface area contributed by atoms with Crippen molar-refractivity contribution >= 4 is 15.7 Å². The molecular formula is C20H26N2O2S. The van der Waals surface area contributed by atoms with Crippen LogP contribution in [0.15, 0.2) is 53.4 Å². The second-order valence-electron chi connectivity index (χ2n) is 6.80. The molecule has 1 atom stereocenters. The topological polar surface area (TPSA) is 49.4 Å². The van der Waals surface area contributed by atoms with Crippen LogP contribution in [0.3, 0.4) is 0 Å². The third-order valence-electron chi connectivity index (χ3n) is 4.78. The van der Waals surface area contributed by atoms with Crippen LogP contribution in [-0.4, -0.2) is 21.5 Å². The minimum atomic E-state index is -3.52. The first kappa shape index (κ1) is 18.0. The maximum atomic E-state index is 12.5. The molecule has 5 heteroatoms. The van der Waals surface area contributed by atoms with Crippen molar-refractivity contribution in [3.8, 4) is 0 Å². The van der Waals surface area contributed by atoms with Crippen molar-refractivity contribution in [2.75, 3.05) is 18.0 Å². The Morgan fingerprint density at radius 1 is 0.920 bits per heavy atom. The molecule has 1 heterocycles. The van der Waals surface area contributed by atoms with Crippen molar-refractivity contribution in [3.63, 3.8) is 0 Å². The molecule has 25 heavy (non-hydrogen) atoms. The summed E-state index contributed by atoms with van der Waals surface area (Å²) in [6.07, 6.45) is 3.80. The Kier molecular flexibility index (Phi) is 5.45. The molecule has 0 amide bonds. The Balaban J connectivity index is 1.70. The first-order valence-corrected chi connectivity index (χ1v) is 10.4.